The highest BCUT2D eigenvalue weighted by Gasteiger charge is 2.28. The van der Waals surface area contributed by atoms with Crippen LogP contribution in [0.4, 0.5) is 22.0 Å². The molecule has 0 bridgehead atoms. The zero-order valence-corrected chi connectivity index (χ0v) is 22.9. The fraction of sp³-hybridized carbons (Fsp3) is 0.469. The van der Waals surface area contributed by atoms with Crippen LogP contribution in [-0.4, -0.2) is 5.97 Å². The third kappa shape index (κ3) is 15.3. The van der Waals surface area contributed by atoms with Gasteiger partial charge in [0.2, 0.25) is 34.8 Å². The highest BCUT2D eigenvalue weighted by Crippen LogP contribution is 2.29. The monoisotopic (exact) mass is 552 g/mol. The van der Waals surface area contributed by atoms with Crippen LogP contribution in [-0.2, 0) is 4.79 Å². The van der Waals surface area contributed by atoms with Crippen LogP contribution in [0.3, 0.4) is 0 Å². The minimum atomic E-state index is -2.29. The molecule has 0 aromatic heterocycles. The fourth-order valence-electron chi connectivity index (χ4n) is 3.68. The predicted octanol–water partition coefficient (Wildman–Crippen LogP) is 10.5. The Balaban J connectivity index is 2.02. The van der Waals surface area contributed by atoms with Gasteiger partial charge in [-0.15, -0.1) is 0 Å². The minimum Gasteiger partial charge on any atom is -0.420 e. The summed E-state index contributed by atoms with van der Waals surface area (Å²) < 4.78 is 70.8. The molecule has 0 radical (unpaired) electrons. The van der Waals surface area contributed by atoms with E-state index < -0.39 is 40.8 Å². The molecule has 0 saturated heterocycles. The SMILES string of the molecule is CCCCC/C=C/C=C/C=C/C=C/C=C\CCCCCCCCCCC(=O)Oc1c(F)c(F)c(F)c(F)c1F. The standard InChI is InChI=1S/C32H41F5O2/c1-2-3-4-5-6-7-8-9-10-11-12-13-14-15-16-17-18-19-20-21-22-23-24-25-26(38)39-32-30(36)28(34)27(33)29(35)31(32)37/h6-15H,2-5,16-25H2,1H3/b7-6+,9-8+,11-10+,13-12+,15-14-. The molecule has 0 aliphatic carbocycles. The largest absolute Gasteiger partial charge is 0.420 e. The molecule has 216 valence electrons. The van der Waals surface area contributed by atoms with Gasteiger partial charge in [-0.2, -0.15) is 8.78 Å². The van der Waals surface area contributed by atoms with Crippen molar-refractivity contribution in [2.45, 2.75) is 96.8 Å². The van der Waals surface area contributed by atoms with Crippen LogP contribution in [0, 0.1) is 29.1 Å². The molecule has 39 heavy (non-hydrogen) atoms. The number of carbonyl (C=O) groups excluding carboxylic acids is 1. The van der Waals surface area contributed by atoms with E-state index in [9.17, 15) is 26.7 Å². The first kappa shape index (κ1) is 34.1. The molecule has 7 heteroatoms. The van der Waals surface area contributed by atoms with Gasteiger partial charge in [0.05, 0.1) is 0 Å². The van der Waals surface area contributed by atoms with Crippen LogP contribution in [0.25, 0.3) is 0 Å². The number of ether oxygens (including phenoxy) is 1. The van der Waals surface area contributed by atoms with E-state index in [-0.39, 0.29) is 6.42 Å². The van der Waals surface area contributed by atoms with Gasteiger partial charge in [-0.1, -0.05) is 119 Å². The summed E-state index contributed by atoms with van der Waals surface area (Å²) >= 11 is 0. The Bertz CT molecular complexity index is 964. The van der Waals surface area contributed by atoms with Gasteiger partial charge in [0.1, 0.15) is 0 Å². The lowest BCUT2D eigenvalue weighted by Gasteiger charge is -2.08. The summed E-state index contributed by atoms with van der Waals surface area (Å²) in [6, 6.07) is 0. The van der Waals surface area contributed by atoms with Crippen molar-refractivity contribution in [3.63, 3.8) is 0 Å². The molecule has 0 aliphatic heterocycles. The van der Waals surface area contributed by atoms with Gasteiger partial charge in [-0.05, 0) is 32.1 Å². The molecule has 1 aromatic carbocycles. The summed E-state index contributed by atoms with van der Waals surface area (Å²) in [6.07, 6.45) is 33.9. The normalized spacial score (nSPS) is 12.4. The second-order valence-corrected chi connectivity index (χ2v) is 9.25. The molecule has 1 aromatic rings. The zero-order valence-electron chi connectivity index (χ0n) is 22.9. The second kappa shape index (κ2) is 21.9. The Morgan fingerprint density at radius 2 is 0.923 bits per heavy atom. The molecule has 0 aliphatic rings. The second-order valence-electron chi connectivity index (χ2n) is 9.25. The summed E-state index contributed by atoms with van der Waals surface area (Å²) in [6.45, 7) is 2.21. The van der Waals surface area contributed by atoms with Crippen molar-refractivity contribution < 1.29 is 31.5 Å². The van der Waals surface area contributed by atoms with Gasteiger partial charge >= 0.3 is 5.97 Å². The van der Waals surface area contributed by atoms with E-state index in [0.717, 1.165) is 51.4 Å². The first-order chi connectivity index (χ1) is 18.9. The van der Waals surface area contributed by atoms with Crippen LogP contribution < -0.4 is 4.74 Å². The van der Waals surface area contributed by atoms with E-state index >= 15 is 0 Å². The Morgan fingerprint density at radius 1 is 0.538 bits per heavy atom. The van der Waals surface area contributed by atoms with Gasteiger partial charge in [-0.3, -0.25) is 4.79 Å². The van der Waals surface area contributed by atoms with Crippen LogP contribution in [0.5, 0.6) is 5.75 Å². The van der Waals surface area contributed by atoms with Crippen molar-refractivity contribution in [1.82, 2.24) is 0 Å². The molecular weight excluding hydrogens is 511 g/mol. The number of unbranched alkanes of at least 4 members (excludes halogenated alkanes) is 11. The Kier molecular flexibility index (Phi) is 19.1. The number of allylic oxidation sites excluding steroid dienone is 10. The molecule has 0 N–H and O–H groups in total. The zero-order chi connectivity index (χ0) is 28.7. The summed E-state index contributed by atoms with van der Waals surface area (Å²) in [5, 5.41) is 0. The van der Waals surface area contributed by atoms with Gasteiger partial charge in [0.25, 0.3) is 0 Å². The van der Waals surface area contributed by atoms with Gasteiger partial charge in [-0.25, -0.2) is 13.2 Å². The molecule has 0 atom stereocenters. The van der Waals surface area contributed by atoms with Crippen molar-refractivity contribution in [2.24, 2.45) is 0 Å². The van der Waals surface area contributed by atoms with Crippen molar-refractivity contribution in [2.75, 3.05) is 0 Å². The van der Waals surface area contributed by atoms with Crippen LogP contribution in [0.2, 0.25) is 0 Å². The number of benzene rings is 1. The van der Waals surface area contributed by atoms with E-state index in [1.165, 1.54) is 19.3 Å². The lowest BCUT2D eigenvalue weighted by molar-refractivity contribution is -0.135. The molecule has 0 amide bonds. The Labute approximate surface area is 230 Å². The van der Waals surface area contributed by atoms with E-state index in [0.29, 0.717) is 12.8 Å². The Morgan fingerprint density at radius 3 is 1.41 bits per heavy atom. The van der Waals surface area contributed by atoms with Gasteiger partial charge < -0.3 is 4.74 Å². The maximum Gasteiger partial charge on any atom is 0.311 e. The van der Waals surface area contributed by atoms with Crippen molar-refractivity contribution in [1.29, 1.82) is 0 Å². The first-order valence-electron chi connectivity index (χ1n) is 13.9. The summed E-state index contributed by atoms with van der Waals surface area (Å²) in [7, 11) is 0. The topological polar surface area (TPSA) is 26.3 Å². The van der Waals surface area contributed by atoms with E-state index in [4.69, 9.17) is 0 Å². The number of carbonyl (C=O) groups is 1. The minimum absolute atomic E-state index is 0.163. The smallest absolute Gasteiger partial charge is 0.311 e. The molecule has 0 fully saturated rings. The summed E-state index contributed by atoms with van der Waals surface area (Å²) in [5.74, 6) is -13.5. The van der Waals surface area contributed by atoms with E-state index in [1.807, 2.05) is 36.5 Å². The lowest BCUT2D eigenvalue weighted by Crippen LogP contribution is -2.13. The molecule has 0 heterocycles. The molecule has 0 saturated carbocycles. The highest BCUT2D eigenvalue weighted by atomic mass is 19.2. The first-order valence-corrected chi connectivity index (χ1v) is 13.9. The van der Waals surface area contributed by atoms with Gasteiger partial charge in [0, 0.05) is 6.42 Å². The van der Waals surface area contributed by atoms with Crippen LogP contribution in [0.15, 0.2) is 60.8 Å². The van der Waals surface area contributed by atoms with E-state index in [2.05, 4.69) is 36.0 Å². The van der Waals surface area contributed by atoms with Crippen molar-refractivity contribution in [3.05, 3.63) is 89.8 Å². The number of hydrogen-bond acceptors (Lipinski definition) is 2. The molecular formula is C32H41F5O2. The quantitative estimate of drug-likeness (QED) is 0.0306. The van der Waals surface area contributed by atoms with Crippen molar-refractivity contribution >= 4 is 5.97 Å². The molecule has 2 nitrogen and oxygen atoms in total. The maximum absolute atomic E-state index is 13.6. The molecule has 1 rings (SSSR count). The molecule has 0 spiro atoms. The number of esters is 1. The maximum atomic E-state index is 13.6. The average Bonchev–Trinajstić information content (AvgIpc) is 2.93. The number of hydrogen-bond donors (Lipinski definition) is 0. The average molecular weight is 553 g/mol. The van der Waals surface area contributed by atoms with E-state index in [1.54, 1.807) is 0 Å². The number of halogens is 5. The van der Waals surface area contributed by atoms with Crippen molar-refractivity contribution in [3.8, 4) is 5.75 Å². The third-order valence-electron chi connectivity index (χ3n) is 5.91. The fourth-order valence-corrected chi connectivity index (χ4v) is 3.68. The summed E-state index contributed by atoms with van der Waals surface area (Å²) in [5.41, 5.74) is 0. The highest BCUT2D eigenvalue weighted by molar-refractivity contribution is 5.72. The Hall–Kier alpha value is -2.96. The van der Waals surface area contributed by atoms with Gasteiger partial charge in [0.15, 0.2) is 0 Å². The van der Waals surface area contributed by atoms with Crippen LogP contribution >= 0.6 is 0 Å². The van der Waals surface area contributed by atoms with Crippen LogP contribution in [0.1, 0.15) is 96.8 Å². The third-order valence-corrected chi connectivity index (χ3v) is 5.91. The summed E-state index contributed by atoms with van der Waals surface area (Å²) in [4.78, 5) is 11.7. The number of rotatable bonds is 20. The lowest BCUT2D eigenvalue weighted by atomic mass is 10.1. The molecule has 0 unspecified atom stereocenters. The predicted molar refractivity (Wildman–Crippen MR) is 148 cm³/mol.